The summed E-state index contributed by atoms with van der Waals surface area (Å²) in [6.07, 6.45) is 4.10. The van der Waals surface area contributed by atoms with E-state index in [1.807, 2.05) is 0 Å². The molecule has 1 saturated heterocycles. The molecule has 1 aliphatic rings. The van der Waals surface area contributed by atoms with Gasteiger partial charge in [0.2, 0.25) is 0 Å². The zero-order valence-corrected chi connectivity index (χ0v) is 12.5. The van der Waals surface area contributed by atoms with E-state index in [1.54, 1.807) is 12.1 Å². The topological polar surface area (TPSA) is 20.3 Å². The maximum atomic E-state index is 13.1. The summed E-state index contributed by atoms with van der Waals surface area (Å²) >= 11 is 0. The second-order valence-corrected chi connectivity index (χ2v) is 6.54. The summed E-state index contributed by atoms with van der Waals surface area (Å²) in [4.78, 5) is 14.4. The van der Waals surface area contributed by atoms with Crippen molar-refractivity contribution in [2.75, 3.05) is 19.6 Å². The highest BCUT2D eigenvalue weighted by atomic mass is 19.1. The monoisotopic (exact) mass is 277 g/mol. The van der Waals surface area contributed by atoms with Crippen molar-refractivity contribution >= 4 is 5.78 Å². The van der Waals surface area contributed by atoms with Crippen LogP contribution in [0.5, 0.6) is 0 Å². The number of halogens is 1. The van der Waals surface area contributed by atoms with Crippen LogP contribution in [0, 0.1) is 11.2 Å². The molecule has 0 unspecified atom stereocenters. The van der Waals surface area contributed by atoms with Crippen LogP contribution in [0.2, 0.25) is 0 Å². The number of likely N-dealkylation sites (tertiary alicyclic amines) is 1. The van der Waals surface area contributed by atoms with Gasteiger partial charge < -0.3 is 4.90 Å². The van der Waals surface area contributed by atoms with Gasteiger partial charge in [0, 0.05) is 18.5 Å². The van der Waals surface area contributed by atoms with Gasteiger partial charge in [0.15, 0.2) is 5.78 Å². The van der Waals surface area contributed by atoms with Crippen molar-refractivity contribution in [3.63, 3.8) is 0 Å². The first-order chi connectivity index (χ1) is 9.46. The number of hydrogen-bond acceptors (Lipinski definition) is 2. The first-order valence-corrected chi connectivity index (χ1v) is 7.47. The van der Waals surface area contributed by atoms with E-state index in [2.05, 4.69) is 18.7 Å². The van der Waals surface area contributed by atoms with Crippen LogP contribution in [0.15, 0.2) is 24.3 Å². The summed E-state index contributed by atoms with van der Waals surface area (Å²) in [6, 6.07) is 5.98. The van der Waals surface area contributed by atoms with Gasteiger partial charge in [0.05, 0.1) is 0 Å². The molecule has 0 amide bonds. The van der Waals surface area contributed by atoms with Crippen LogP contribution in [0.3, 0.4) is 0 Å². The van der Waals surface area contributed by atoms with E-state index < -0.39 is 0 Å². The highest BCUT2D eigenvalue weighted by molar-refractivity contribution is 5.96. The second-order valence-electron chi connectivity index (χ2n) is 6.54. The highest BCUT2D eigenvalue weighted by Crippen LogP contribution is 2.29. The molecule has 2 nitrogen and oxygen atoms in total. The summed E-state index contributed by atoms with van der Waals surface area (Å²) in [5.74, 6) is -0.305. The molecule has 0 atom stereocenters. The summed E-state index contributed by atoms with van der Waals surface area (Å²) in [7, 11) is 0. The number of nitrogens with zero attached hydrogens (tertiary/aromatic N) is 1. The van der Waals surface area contributed by atoms with E-state index >= 15 is 0 Å². The third-order valence-electron chi connectivity index (χ3n) is 4.23. The van der Waals surface area contributed by atoms with Crippen LogP contribution in [0.4, 0.5) is 4.39 Å². The molecule has 2 rings (SSSR count). The molecule has 20 heavy (non-hydrogen) atoms. The van der Waals surface area contributed by atoms with Crippen LogP contribution in [-0.2, 0) is 0 Å². The van der Waals surface area contributed by atoms with Crippen LogP contribution in [0.25, 0.3) is 0 Å². The summed E-state index contributed by atoms with van der Waals surface area (Å²) < 4.78 is 13.1. The van der Waals surface area contributed by atoms with Crippen molar-refractivity contribution in [2.45, 2.75) is 39.5 Å². The zero-order valence-electron chi connectivity index (χ0n) is 12.5. The van der Waals surface area contributed by atoms with E-state index in [0.717, 1.165) is 19.6 Å². The number of carbonyl (C=O) groups is 1. The Balaban J connectivity index is 1.84. The lowest BCUT2D eigenvalue weighted by atomic mass is 9.85. The van der Waals surface area contributed by atoms with E-state index in [4.69, 9.17) is 0 Å². The Morgan fingerprint density at radius 1 is 1.30 bits per heavy atom. The Labute approximate surface area is 121 Å². The third kappa shape index (κ3) is 4.41. The van der Waals surface area contributed by atoms with Crippen molar-refractivity contribution in [3.8, 4) is 0 Å². The lowest BCUT2D eigenvalue weighted by Gasteiger charge is -2.23. The molecular weight excluding hydrogens is 253 g/mol. The molecule has 3 heteroatoms. The molecule has 1 fully saturated rings. The fourth-order valence-electron chi connectivity index (χ4n) is 2.77. The number of ketones is 1. The zero-order chi connectivity index (χ0) is 14.6. The molecule has 0 aliphatic carbocycles. The summed E-state index contributed by atoms with van der Waals surface area (Å²) in [5, 5.41) is 0. The van der Waals surface area contributed by atoms with Crippen molar-refractivity contribution in [1.82, 2.24) is 4.90 Å². The second kappa shape index (κ2) is 6.49. The van der Waals surface area contributed by atoms with Gasteiger partial charge >= 0.3 is 0 Å². The van der Waals surface area contributed by atoms with E-state index in [0.29, 0.717) is 17.4 Å². The smallest absolute Gasteiger partial charge is 0.164 e. The van der Waals surface area contributed by atoms with E-state index in [1.165, 1.54) is 31.4 Å². The van der Waals surface area contributed by atoms with Crippen LogP contribution in [0.1, 0.15) is 49.9 Å². The number of hydrogen-bond donors (Lipinski definition) is 0. The average molecular weight is 277 g/mol. The number of carbonyl (C=O) groups excluding carboxylic acids is 1. The van der Waals surface area contributed by atoms with Gasteiger partial charge in [0.1, 0.15) is 5.82 Å². The van der Waals surface area contributed by atoms with E-state index in [9.17, 15) is 9.18 Å². The standard InChI is InChI=1S/C17H24FNO/c1-17(2)8-4-10-19(12-9-17)11-7-16(20)14-5-3-6-15(18)13-14/h3,5-6,13H,4,7-12H2,1-2H3. The van der Waals surface area contributed by atoms with Gasteiger partial charge in [0.25, 0.3) is 0 Å². The molecule has 0 aromatic heterocycles. The molecular formula is C17H24FNO. The van der Waals surface area contributed by atoms with E-state index in [-0.39, 0.29) is 11.6 Å². The molecule has 1 aliphatic heterocycles. The normalized spacial score (nSPS) is 19.6. The molecule has 0 N–H and O–H groups in total. The Hall–Kier alpha value is -1.22. The molecule has 110 valence electrons. The lowest BCUT2D eigenvalue weighted by Crippen LogP contribution is -2.28. The SMILES string of the molecule is CC1(C)CCCN(CCC(=O)c2cccc(F)c2)CC1. The predicted molar refractivity (Wildman–Crippen MR) is 79.4 cm³/mol. The first-order valence-electron chi connectivity index (χ1n) is 7.47. The minimum Gasteiger partial charge on any atom is -0.303 e. The van der Waals surface area contributed by atoms with Gasteiger partial charge in [-0.15, -0.1) is 0 Å². The maximum absolute atomic E-state index is 13.1. The van der Waals surface area contributed by atoms with Gasteiger partial charge in [-0.2, -0.15) is 0 Å². The largest absolute Gasteiger partial charge is 0.303 e. The highest BCUT2D eigenvalue weighted by Gasteiger charge is 2.23. The summed E-state index contributed by atoms with van der Waals surface area (Å²) in [5.41, 5.74) is 0.904. The van der Waals surface area contributed by atoms with Crippen molar-refractivity contribution < 1.29 is 9.18 Å². The van der Waals surface area contributed by atoms with Gasteiger partial charge in [-0.1, -0.05) is 26.0 Å². The van der Waals surface area contributed by atoms with Crippen LogP contribution >= 0.6 is 0 Å². The van der Waals surface area contributed by atoms with Crippen LogP contribution in [-0.4, -0.2) is 30.3 Å². The Bertz CT molecular complexity index is 470. The third-order valence-corrected chi connectivity index (χ3v) is 4.23. The molecule has 0 bridgehead atoms. The van der Waals surface area contributed by atoms with Crippen LogP contribution < -0.4 is 0 Å². The van der Waals surface area contributed by atoms with Gasteiger partial charge in [-0.3, -0.25) is 4.79 Å². The lowest BCUT2D eigenvalue weighted by molar-refractivity contribution is 0.0964. The quantitative estimate of drug-likeness (QED) is 0.778. The minimum absolute atomic E-state index is 0.0352. The fourth-order valence-corrected chi connectivity index (χ4v) is 2.77. The molecule has 1 heterocycles. The fraction of sp³-hybridized carbons (Fsp3) is 0.588. The molecule has 0 radical (unpaired) electrons. The van der Waals surface area contributed by atoms with Gasteiger partial charge in [-0.05, 0) is 49.9 Å². The Kier molecular flexibility index (Phi) is 4.92. The molecule has 1 aromatic carbocycles. The number of benzene rings is 1. The first kappa shape index (κ1) is 15.2. The summed E-state index contributed by atoms with van der Waals surface area (Å²) in [6.45, 7) is 7.54. The molecule has 1 aromatic rings. The Morgan fingerprint density at radius 3 is 2.85 bits per heavy atom. The maximum Gasteiger partial charge on any atom is 0.164 e. The van der Waals surface area contributed by atoms with Gasteiger partial charge in [-0.25, -0.2) is 4.39 Å². The molecule has 0 spiro atoms. The van der Waals surface area contributed by atoms with Crippen molar-refractivity contribution in [2.24, 2.45) is 5.41 Å². The predicted octanol–water partition coefficient (Wildman–Crippen LogP) is 3.91. The minimum atomic E-state index is -0.340. The Morgan fingerprint density at radius 2 is 2.10 bits per heavy atom. The van der Waals surface area contributed by atoms with Crippen molar-refractivity contribution in [3.05, 3.63) is 35.6 Å². The number of rotatable bonds is 4. The average Bonchev–Trinajstić information content (AvgIpc) is 2.57. The van der Waals surface area contributed by atoms with Crippen molar-refractivity contribution in [1.29, 1.82) is 0 Å². The number of Topliss-reactive ketones (excluding diaryl/α,β-unsaturated/α-hetero) is 1. The molecule has 0 saturated carbocycles.